The van der Waals surface area contributed by atoms with Crippen molar-refractivity contribution in [2.75, 3.05) is 38.1 Å². The fourth-order valence-corrected chi connectivity index (χ4v) is 3.74. The van der Waals surface area contributed by atoms with Crippen molar-refractivity contribution in [3.63, 3.8) is 0 Å². The molecule has 1 aliphatic heterocycles. The van der Waals surface area contributed by atoms with Crippen molar-refractivity contribution in [1.29, 1.82) is 0 Å². The van der Waals surface area contributed by atoms with E-state index >= 15 is 0 Å². The maximum absolute atomic E-state index is 12.5. The van der Waals surface area contributed by atoms with E-state index in [0.717, 1.165) is 25.2 Å². The lowest BCUT2D eigenvalue weighted by Crippen LogP contribution is -2.31. The van der Waals surface area contributed by atoms with Crippen molar-refractivity contribution < 1.29 is 19.1 Å². The second-order valence-corrected chi connectivity index (χ2v) is 7.83. The van der Waals surface area contributed by atoms with Gasteiger partial charge in [-0.2, -0.15) is 0 Å². The van der Waals surface area contributed by atoms with Gasteiger partial charge in [-0.05, 0) is 50.7 Å². The minimum atomic E-state index is -0.294. The van der Waals surface area contributed by atoms with E-state index in [1.807, 2.05) is 31.2 Å². The van der Waals surface area contributed by atoms with Crippen molar-refractivity contribution >= 4 is 23.4 Å². The van der Waals surface area contributed by atoms with Crippen LogP contribution in [0.1, 0.15) is 53.0 Å². The Bertz CT molecular complexity index is 985. The van der Waals surface area contributed by atoms with E-state index in [0.29, 0.717) is 35.6 Å². The summed E-state index contributed by atoms with van der Waals surface area (Å²) in [5, 5.41) is 2.88. The SMILES string of the molecule is CCN(CC)CCOc1ccccc1NC(=O)CCCN1C(=O)c2ccc(C)cc2C1=O. The molecule has 3 rings (SSSR count). The van der Waals surface area contributed by atoms with Gasteiger partial charge in [0.15, 0.2) is 0 Å². The summed E-state index contributed by atoms with van der Waals surface area (Å²) >= 11 is 0. The molecular formula is C25H31N3O4. The van der Waals surface area contributed by atoms with Gasteiger partial charge in [0, 0.05) is 19.5 Å². The van der Waals surface area contributed by atoms with Gasteiger partial charge >= 0.3 is 0 Å². The zero-order chi connectivity index (χ0) is 23.1. The molecule has 2 aromatic carbocycles. The number of imide groups is 1. The number of amides is 3. The number of carbonyl (C=O) groups is 3. The molecule has 7 heteroatoms. The molecule has 0 atom stereocenters. The first kappa shape index (κ1) is 23.5. The highest BCUT2D eigenvalue weighted by Crippen LogP contribution is 2.25. The normalized spacial score (nSPS) is 12.9. The molecule has 0 spiro atoms. The molecule has 1 heterocycles. The fraction of sp³-hybridized carbons (Fsp3) is 0.400. The Hall–Kier alpha value is -3.19. The highest BCUT2D eigenvalue weighted by molar-refractivity contribution is 6.21. The highest BCUT2D eigenvalue weighted by atomic mass is 16.5. The second kappa shape index (κ2) is 10.9. The maximum atomic E-state index is 12.5. The van der Waals surface area contributed by atoms with Crippen LogP contribution >= 0.6 is 0 Å². The second-order valence-electron chi connectivity index (χ2n) is 7.83. The quantitative estimate of drug-likeness (QED) is 0.542. The minimum absolute atomic E-state index is 0.183. The van der Waals surface area contributed by atoms with Crippen LogP contribution in [0.5, 0.6) is 5.75 Å². The van der Waals surface area contributed by atoms with Crippen LogP contribution in [0.25, 0.3) is 0 Å². The summed E-state index contributed by atoms with van der Waals surface area (Å²) in [5.41, 5.74) is 2.42. The van der Waals surface area contributed by atoms with Gasteiger partial charge in [0.2, 0.25) is 5.91 Å². The number of nitrogens with one attached hydrogen (secondary N) is 1. The number of para-hydroxylation sites is 2. The smallest absolute Gasteiger partial charge is 0.261 e. The lowest BCUT2D eigenvalue weighted by Gasteiger charge is -2.19. The third kappa shape index (κ3) is 5.53. The van der Waals surface area contributed by atoms with Crippen LogP contribution in [-0.2, 0) is 4.79 Å². The van der Waals surface area contributed by atoms with Crippen LogP contribution in [0.4, 0.5) is 5.69 Å². The summed E-state index contributed by atoms with van der Waals surface area (Å²) in [4.78, 5) is 41.0. The number of likely N-dealkylation sites (N-methyl/N-ethyl adjacent to an activating group) is 1. The minimum Gasteiger partial charge on any atom is -0.490 e. The Morgan fingerprint density at radius 3 is 2.50 bits per heavy atom. The number of aryl methyl sites for hydroxylation is 1. The van der Waals surface area contributed by atoms with Gasteiger partial charge in [0.25, 0.3) is 11.8 Å². The number of hydrogen-bond donors (Lipinski definition) is 1. The third-order valence-electron chi connectivity index (χ3n) is 5.63. The van der Waals surface area contributed by atoms with E-state index in [-0.39, 0.29) is 30.7 Å². The Labute approximate surface area is 189 Å². The maximum Gasteiger partial charge on any atom is 0.261 e. The summed E-state index contributed by atoms with van der Waals surface area (Å²) in [6.45, 7) is 9.59. The van der Waals surface area contributed by atoms with Crippen LogP contribution in [0.2, 0.25) is 0 Å². The molecule has 2 aromatic rings. The summed E-state index contributed by atoms with van der Waals surface area (Å²) in [7, 11) is 0. The molecule has 0 fully saturated rings. The summed E-state index contributed by atoms with van der Waals surface area (Å²) in [6.07, 6.45) is 0.585. The van der Waals surface area contributed by atoms with Gasteiger partial charge < -0.3 is 15.0 Å². The van der Waals surface area contributed by atoms with Gasteiger partial charge in [-0.1, -0.05) is 37.6 Å². The predicted octanol–water partition coefficient (Wildman–Crippen LogP) is 3.73. The first-order valence-corrected chi connectivity index (χ1v) is 11.2. The largest absolute Gasteiger partial charge is 0.490 e. The number of benzene rings is 2. The molecule has 1 N–H and O–H groups in total. The van der Waals surface area contributed by atoms with Crippen molar-refractivity contribution in [3.8, 4) is 5.75 Å². The summed E-state index contributed by atoms with van der Waals surface area (Å²) in [5.74, 6) is -0.139. The molecule has 0 radical (unpaired) electrons. The average molecular weight is 438 g/mol. The first-order chi connectivity index (χ1) is 15.4. The number of ether oxygens (including phenoxy) is 1. The Morgan fingerprint density at radius 2 is 1.75 bits per heavy atom. The van der Waals surface area contributed by atoms with Gasteiger partial charge in [-0.15, -0.1) is 0 Å². The first-order valence-electron chi connectivity index (χ1n) is 11.2. The number of anilines is 1. The van der Waals surface area contributed by atoms with Crippen molar-refractivity contribution in [2.24, 2.45) is 0 Å². The third-order valence-corrected chi connectivity index (χ3v) is 5.63. The van der Waals surface area contributed by atoms with E-state index in [1.54, 1.807) is 18.2 Å². The van der Waals surface area contributed by atoms with Crippen molar-refractivity contribution in [2.45, 2.75) is 33.6 Å². The molecule has 1 aliphatic rings. The molecule has 32 heavy (non-hydrogen) atoms. The van der Waals surface area contributed by atoms with Gasteiger partial charge in [0.05, 0.1) is 16.8 Å². The molecule has 0 saturated carbocycles. The molecule has 0 aromatic heterocycles. The van der Waals surface area contributed by atoms with E-state index < -0.39 is 0 Å². The molecule has 3 amide bonds. The Balaban J connectivity index is 1.50. The van der Waals surface area contributed by atoms with Gasteiger partial charge in [-0.3, -0.25) is 19.3 Å². The van der Waals surface area contributed by atoms with Crippen LogP contribution in [-0.4, -0.2) is 60.3 Å². The average Bonchev–Trinajstić information content (AvgIpc) is 3.02. The van der Waals surface area contributed by atoms with Crippen LogP contribution in [0.3, 0.4) is 0 Å². The van der Waals surface area contributed by atoms with Crippen molar-refractivity contribution in [1.82, 2.24) is 9.80 Å². The van der Waals surface area contributed by atoms with Crippen LogP contribution < -0.4 is 10.1 Å². The molecule has 7 nitrogen and oxygen atoms in total. The number of rotatable bonds is 11. The van der Waals surface area contributed by atoms with Gasteiger partial charge in [-0.25, -0.2) is 0 Å². The van der Waals surface area contributed by atoms with Crippen molar-refractivity contribution in [3.05, 3.63) is 59.2 Å². The highest BCUT2D eigenvalue weighted by Gasteiger charge is 2.34. The van der Waals surface area contributed by atoms with E-state index in [1.165, 1.54) is 4.90 Å². The topological polar surface area (TPSA) is 79.0 Å². The molecule has 170 valence electrons. The Morgan fingerprint density at radius 1 is 1.03 bits per heavy atom. The van der Waals surface area contributed by atoms with E-state index in [9.17, 15) is 14.4 Å². The lowest BCUT2D eigenvalue weighted by molar-refractivity contribution is -0.116. The summed E-state index contributed by atoms with van der Waals surface area (Å²) < 4.78 is 5.88. The molecule has 0 bridgehead atoms. The predicted molar refractivity (Wildman–Crippen MR) is 124 cm³/mol. The van der Waals surface area contributed by atoms with Gasteiger partial charge in [0.1, 0.15) is 12.4 Å². The molecule has 0 unspecified atom stereocenters. The van der Waals surface area contributed by atoms with E-state index in [4.69, 9.17) is 4.74 Å². The number of hydrogen-bond acceptors (Lipinski definition) is 5. The lowest BCUT2D eigenvalue weighted by atomic mass is 10.1. The standard InChI is InChI=1S/C25H31N3O4/c1-4-27(5-2)15-16-32-22-10-7-6-9-21(22)26-23(29)11-8-14-28-24(30)19-13-12-18(3)17-20(19)25(28)31/h6-7,9-10,12-13,17H,4-5,8,11,14-16H2,1-3H3,(H,26,29). The zero-order valence-electron chi connectivity index (χ0n) is 19.0. The number of nitrogens with zero attached hydrogens (tertiary/aromatic N) is 2. The van der Waals surface area contributed by atoms with Crippen LogP contribution in [0.15, 0.2) is 42.5 Å². The molecular weight excluding hydrogens is 406 g/mol. The molecule has 0 saturated heterocycles. The number of fused-ring (bicyclic) bond motifs is 1. The summed E-state index contributed by atoms with van der Waals surface area (Å²) in [6, 6.07) is 12.6. The fourth-order valence-electron chi connectivity index (χ4n) is 3.74. The Kier molecular flexibility index (Phi) is 8.00. The van der Waals surface area contributed by atoms with Crippen LogP contribution in [0, 0.1) is 6.92 Å². The van der Waals surface area contributed by atoms with E-state index in [2.05, 4.69) is 24.1 Å². The zero-order valence-corrected chi connectivity index (χ0v) is 19.0. The number of carbonyl (C=O) groups excluding carboxylic acids is 3. The monoisotopic (exact) mass is 437 g/mol. The molecule has 0 aliphatic carbocycles.